The van der Waals surface area contributed by atoms with E-state index in [-0.39, 0.29) is 41.2 Å². The highest BCUT2D eigenvalue weighted by Crippen LogP contribution is 2.51. The number of halogens is 1. The van der Waals surface area contributed by atoms with E-state index in [1.807, 2.05) is 26.2 Å². The lowest BCUT2D eigenvalue weighted by Crippen LogP contribution is -3.00. The molecule has 4 rings (SSSR count). The number of aliphatic hydroxyl groups is 1. The number of carbonyl (C=O) groups excluding carboxylic acids is 1. The van der Waals surface area contributed by atoms with E-state index in [4.69, 9.17) is 0 Å². The predicted molar refractivity (Wildman–Crippen MR) is 108 cm³/mol. The van der Waals surface area contributed by atoms with E-state index in [0.717, 1.165) is 30.8 Å². The van der Waals surface area contributed by atoms with Gasteiger partial charge in [-0.2, -0.15) is 4.68 Å². The predicted octanol–water partition coefficient (Wildman–Crippen LogP) is -2.68. The molecule has 6 atom stereocenters. The number of aromatic nitrogens is 2. The Hall–Kier alpha value is -1.55. The van der Waals surface area contributed by atoms with Crippen LogP contribution in [0.5, 0.6) is 0 Å². The molecular weight excluding hydrogens is 428 g/mol. The van der Waals surface area contributed by atoms with Gasteiger partial charge in [-0.25, -0.2) is 4.79 Å². The summed E-state index contributed by atoms with van der Waals surface area (Å²) in [5.41, 5.74) is 0.122. The molecule has 0 bridgehead atoms. The fraction of sp³-hybridized carbons (Fsp3) is 0.650. The molecule has 3 N–H and O–H groups in total. The average molecular weight is 457 g/mol. The number of carboxylic acid groups (broad SMARTS) is 1. The van der Waals surface area contributed by atoms with Gasteiger partial charge >= 0.3 is 5.97 Å². The van der Waals surface area contributed by atoms with Crippen molar-refractivity contribution in [3.8, 4) is 0 Å². The molecule has 166 valence electrons. The molecule has 3 aliphatic heterocycles. The normalized spacial score (nSPS) is 31.4. The molecule has 0 spiro atoms. The molecule has 4 heterocycles. The van der Waals surface area contributed by atoms with E-state index >= 15 is 0 Å². The van der Waals surface area contributed by atoms with Crippen molar-refractivity contribution < 1.29 is 36.9 Å². The van der Waals surface area contributed by atoms with Gasteiger partial charge in [0.15, 0.2) is 12.7 Å². The number of amides is 1. The number of carboxylic acids is 1. The van der Waals surface area contributed by atoms with Crippen LogP contribution in [0.1, 0.15) is 26.7 Å². The smallest absolute Gasteiger partial charge is 0.353 e. The van der Waals surface area contributed by atoms with Crippen LogP contribution in [0.3, 0.4) is 0 Å². The number of hydrogen-bond acceptors (Lipinski definition) is 5. The first-order valence-corrected chi connectivity index (χ1v) is 11.1. The molecule has 30 heavy (non-hydrogen) atoms. The molecule has 10 heteroatoms. The first-order valence-electron chi connectivity index (χ1n) is 10.2. The van der Waals surface area contributed by atoms with Crippen LogP contribution in [-0.4, -0.2) is 61.7 Å². The summed E-state index contributed by atoms with van der Waals surface area (Å²) in [6, 6.07) is 2.17. The van der Waals surface area contributed by atoms with Crippen LogP contribution in [0, 0.1) is 11.8 Å². The molecule has 0 aliphatic carbocycles. The number of hydrogen-bond donors (Lipinski definition) is 3. The van der Waals surface area contributed by atoms with Gasteiger partial charge in [0.25, 0.3) is 0 Å². The van der Waals surface area contributed by atoms with Crippen LogP contribution >= 0.6 is 11.8 Å². The number of aliphatic hydroxyl groups excluding tert-OH is 1. The quantitative estimate of drug-likeness (QED) is 0.306. The van der Waals surface area contributed by atoms with Crippen molar-refractivity contribution in [3.63, 3.8) is 0 Å². The summed E-state index contributed by atoms with van der Waals surface area (Å²) in [6.45, 7) is 5.34. The van der Waals surface area contributed by atoms with Gasteiger partial charge in [-0.15, -0.1) is 16.4 Å². The Bertz CT molecular complexity index is 858. The van der Waals surface area contributed by atoms with Crippen molar-refractivity contribution in [3.05, 3.63) is 29.1 Å². The van der Waals surface area contributed by atoms with Gasteiger partial charge in [-0.1, -0.05) is 6.92 Å². The minimum Gasteiger partial charge on any atom is -1.00 e. The zero-order valence-electron chi connectivity index (χ0n) is 17.4. The van der Waals surface area contributed by atoms with Crippen molar-refractivity contribution in [1.29, 1.82) is 0 Å². The Balaban J connectivity index is 0.00000256. The summed E-state index contributed by atoms with van der Waals surface area (Å²) in [5.74, 6) is -1.90. The fourth-order valence-electron chi connectivity index (χ4n) is 4.92. The maximum atomic E-state index is 12.4. The maximum Gasteiger partial charge on any atom is 0.353 e. The Morgan fingerprint density at radius 1 is 1.47 bits per heavy atom. The van der Waals surface area contributed by atoms with Crippen molar-refractivity contribution in [2.24, 2.45) is 18.9 Å². The topological polar surface area (TPSA) is 98.7 Å². The second kappa shape index (κ2) is 8.90. The van der Waals surface area contributed by atoms with Gasteiger partial charge < -0.3 is 32.8 Å². The summed E-state index contributed by atoms with van der Waals surface area (Å²) in [5, 5.41) is 23.6. The summed E-state index contributed by atoms with van der Waals surface area (Å²) >= 11 is 1.60. The molecule has 1 amide bonds. The molecule has 0 aromatic carbocycles. The summed E-state index contributed by atoms with van der Waals surface area (Å²) in [7, 11) is 2.02. The molecule has 0 radical (unpaired) electrons. The van der Waals surface area contributed by atoms with Crippen molar-refractivity contribution >= 4 is 23.6 Å². The molecule has 3 aliphatic rings. The third-order valence-electron chi connectivity index (χ3n) is 6.46. The summed E-state index contributed by atoms with van der Waals surface area (Å²) in [4.78, 5) is 26.6. The van der Waals surface area contributed by atoms with E-state index < -0.39 is 18.0 Å². The second-order valence-electron chi connectivity index (χ2n) is 8.37. The summed E-state index contributed by atoms with van der Waals surface area (Å²) in [6.07, 6.45) is 5.30. The summed E-state index contributed by atoms with van der Waals surface area (Å²) < 4.78 is 4.23. The molecule has 8 nitrogen and oxygen atoms in total. The molecule has 0 saturated carbocycles. The Morgan fingerprint density at radius 3 is 2.80 bits per heavy atom. The van der Waals surface area contributed by atoms with Crippen LogP contribution in [0.25, 0.3) is 0 Å². The molecular formula is C20H29ClN4O4S. The van der Waals surface area contributed by atoms with E-state index in [2.05, 4.69) is 20.9 Å². The average Bonchev–Trinajstić information content (AvgIpc) is 3.32. The minimum atomic E-state index is -1.05. The highest BCUT2D eigenvalue weighted by atomic mass is 35.5. The van der Waals surface area contributed by atoms with Gasteiger partial charge in [0.2, 0.25) is 5.91 Å². The maximum absolute atomic E-state index is 12.4. The standard InChI is InChI=1S/C20H28N4O4S.ClH/c1-11-16-15(12(2)25)19(26)24(16)17(20(27)28)18(11)29-14-9-13(21-10-14)5-8-23-7-4-6-22(23)3;/h4,6-7,11-16,21,25H,5,8-10H2,1-3H3;1H/t11-,12-,13-,14+,15-,16-;/m1./s1. The van der Waals surface area contributed by atoms with E-state index in [1.165, 1.54) is 4.90 Å². The van der Waals surface area contributed by atoms with Gasteiger partial charge in [0, 0.05) is 41.1 Å². The number of aryl methyl sites for hydroxylation is 2. The lowest BCUT2D eigenvalue weighted by molar-refractivity contribution is -0.773. The molecule has 1 aromatic rings. The van der Waals surface area contributed by atoms with Gasteiger partial charge in [-0.3, -0.25) is 4.79 Å². The van der Waals surface area contributed by atoms with Gasteiger partial charge in [0.05, 0.1) is 31.3 Å². The van der Waals surface area contributed by atoms with E-state index in [0.29, 0.717) is 6.04 Å². The van der Waals surface area contributed by atoms with Crippen molar-refractivity contribution in [2.75, 3.05) is 6.54 Å². The Labute approximate surface area is 186 Å². The number of fused-ring (bicyclic) bond motifs is 1. The van der Waals surface area contributed by atoms with Crippen molar-refractivity contribution in [1.82, 2.24) is 14.9 Å². The molecule has 1 aromatic heterocycles. The molecule has 2 fully saturated rings. The third kappa shape index (κ3) is 3.88. The largest absolute Gasteiger partial charge is 1.00 e. The number of rotatable bonds is 7. The zero-order valence-corrected chi connectivity index (χ0v) is 18.9. The second-order valence-corrected chi connectivity index (χ2v) is 9.71. The Kier molecular flexibility index (Phi) is 6.86. The number of thioether (sulfide) groups is 1. The van der Waals surface area contributed by atoms with Gasteiger partial charge in [-0.05, 0) is 13.3 Å². The van der Waals surface area contributed by atoms with Crippen LogP contribution in [0.4, 0.5) is 0 Å². The van der Waals surface area contributed by atoms with Crippen LogP contribution in [0.15, 0.2) is 29.1 Å². The Morgan fingerprint density at radius 2 is 2.20 bits per heavy atom. The number of carbonyl (C=O) groups is 2. The lowest BCUT2D eigenvalue weighted by atomic mass is 9.79. The monoisotopic (exact) mass is 456 g/mol. The highest BCUT2D eigenvalue weighted by molar-refractivity contribution is 8.03. The first kappa shape index (κ1) is 23.1. The van der Waals surface area contributed by atoms with Crippen LogP contribution in [-0.2, 0) is 23.2 Å². The van der Waals surface area contributed by atoms with E-state index in [1.54, 1.807) is 18.7 Å². The number of aliphatic carboxylic acids is 1. The molecule has 2 saturated heterocycles. The zero-order chi connectivity index (χ0) is 20.9. The minimum absolute atomic E-state index is 0. The van der Waals surface area contributed by atoms with Crippen LogP contribution in [0.2, 0.25) is 0 Å². The number of nitrogens with one attached hydrogen (secondary N) is 1. The fourth-order valence-corrected chi connectivity index (χ4v) is 6.44. The first-order chi connectivity index (χ1) is 13.8. The lowest BCUT2D eigenvalue weighted by Gasteiger charge is -2.46. The SMILES string of the molecule is C[C@@H](O)[C@H]1C(=O)N2C(C(=O)O)=C(S[C@@H]3CN[C@H](CC[n+]4cccn4C)C3)[C@H](C)[C@H]12.[Cl-]. The number of β-lactam (4-membered cyclic amide) rings is 1. The van der Waals surface area contributed by atoms with Crippen LogP contribution < -0.4 is 22.4 Å². The molecule has 0 unspecified atom stereocenters. The van der Waals surface area contributed by atoms with Crippen molar-refractivity contribution in [2.45, 2.75) is 56.7 Å². The van der Waals surface area contributed by atoms with Gasteiger partial charge in [0.1, 0.15) is 5.70 Å². The number of nitrogens with zero attached hydrogens (tertiary/aromatic N) is 3. The third-order valence-corrected chi connectivity index (χ3v) is 7.97. The highest BCUT2D eigenvalue weighted by Gasteiger charge is 2.60. The van der Waals surface area contributed by atoms with E-state index in [9.17, 15) is 19.8 Å².